The van der Waals surface area contributed by atoms with E-state index < -0.39 is 0 Å². The van der Waals surface area contributed by atoms with Gasteiger partial charge in [-0.1, -0.05) is 12.1 Å². The Morgan fingerprint density at radius 1 is 1.35 bits per heavy atom. The molecular weight excluding hydrogens is 257 g/mol. The molecule has 0 saturated carbocycles. The minimum atomic E-state index is -0.315. The van der Waals surface area contributed by atoms with Gasteiger partial charge < -0.3 is 15.5 Å². The number of amides is 1. The van der Waals surface area contributed by atoms with E-state index in [4.69, 9.17) is 5.73 Å². The third-order valence-electron chi connectivity index (χ3n) is 3.32. The smallest absolute Gasteiger partial charge is 0.242 e. The molecule has 1 amide bonds. The van der Waals surface area contributed by atoms with Crippen LogP contribution in [-0.2, 0) is 4.79 Å². The van der Waals surface area contributed by atoms with Crippen molar-refractivity contribution in [3.05, 3.63) is 30.1 Å². The van der Waals surface area contributed by atoms with Gasteiger partial charge >= 0.3 is 0 Å². The molecule has 20 heavy (non-hydrogen) atoms. The average Bonchev–Trinajstić information content (AvgIpc) is 2.43. The molecule has 1 aromatic rings. The van der Waals surface area contributed by atoms with Gasteiger partial charge in [0.05, 0.1) is 12.2 Å². The van der Waals surface area contributed by atoms with E-state index in [0.717, 1.165) is 0 Å². The first-order valence-electron chi connectivity index (χ1n) is 6.92. The molecule has 0 unspecified atom stereocenters. The Labute approximate surface area is 120 Å². The van der Waals surface area contributed by atoms with E-state index in [2.05, 4.69) is 0 Å². The molecule has 0 atom stereocenters. The molecule has 2 N–H and O–H groups in total. The zero-order valence-corrected chi connectivity index (χ0v) is 12.5. The number of carbonyl (C=O) groups excluding carboxylic acids is 1. The van der Waals surface area contributed by atoms with Crippen LogP contribution in [0.25, 0.3) is 0 Å². The maximum Gasteiger partial charge on any atom is 0.242 e. The molecule has 5 heteroatoms. The van der Waals surface area contributed by atoms with Crippen LogP contribution in [-0.4, -0.2) is 43.5 Å². The van der Waals surface area contributed by atoms with Gasteiger partial charge in [0.1, 0.15) is 5.82 Å². The molecule has 0 saturated heterocycles. The van der Waals surface area contributed by atoms with Crippen LogP contribution in [0.2, 0.25) is 0 Å². The summed E-state index contributed by atoms with van der Waals surface area (Å²) in [4.78, 5) is 15.6. The van der Waals surface area contributed by atoms with Gasteiger partial charge in [0.2, 0.25) is 5.91 Å². The molecule has 0 radical (unpaired) electrons. The van der Waals surface area contributed by atoms with Crippen LogP contribution < -0.4 is 10.6 Å². The van der Waals surface area contributed by atoms with Gasteiger partial charge in [0.15, 0.2) is 0 Å². The van der Waals surface area contributed by atoms with E-state index in [1.807, 2.05) is 13.8 Å². The number of hydrogen-bond acceptors (Lipinski definition) is 3. The van der Waals surface area contributed by atoms with Crippen molar-refractivity contribution in [3.63, 3.8) is 0 Å². The molecule has 1 rings (SSSR count). The van der Waals surface area contributed by atoms with Crippen molar-refractivity contribution in [3.8, 4) is 0 Å². The number of benzene rings is 1. The molecule has 0 fully saturated rings. The van der Waals surface area contributed by atoms with Crippen molar-refractivity contribution in [1.82, 2.24) is 4.90 Å². The Hall–Kier alpha value is -1.62. The summed E-state index contributed by atoms with van der Waals surface area (Å²) < 4.78 is 13.9. The maximum absolute atomic E-state index is 13.9. The molecule has 4 nitrogen and oxygen atoms in total. The second kappa shape index (κ2) is 7.85. The highest BCUT2D eigenvalue weighted by molar-refractivity contribution is 5.81. The van der Waals surface area contributed by atoms with Crippen LogP contribution in [0.1, 0.15) is 20.3 Å². The number of nitrogens with zero attached hydrogens (tertiary/aromatic N) is 2. The Morgan fingerprint density at radius 2 is 2.00 bits per heavy atom. The maximum atomic E-state index is 13.9. The highest BCUT2D eigenvalue weighted by Crippen LogP contribution is 2.19. The fourth-order valence-corrected chi connectivity index (χ4v) is 1.84. The molecule has 0 heterocycles. The highest BCUT2D eigenvalue weighted by atomic mass is 19.1. The fourth-order valence-electron chi connectivity index (χ4n) is 1.84. The van der Waals surface area contributed by atoms with Crippen molar-refractivity contribution in [1.29, 1.82) is 0 Å². The van der Waals surface area contributed by atoms with E-state index in [1.165, 1.54) is 6.07 Å². The van der Waals surface area contributed by atoms with E-state index >= 15 is 0 Å². The molecule has 0 aliphatic carbocycles. The molecule has 0 bridgehead atoms. The summed E-state index contributed by atoms with van der Waals surface area (Å²) in [6.07, 6.45) is 0.715. The summed E-state index contributed by atoms with van der Waals surface area (Å²) in [5.74, 6) is -0.343. The summed E-state index contributed by atoms with van der Waals surface area (Å²) >= 11 is 0. The average molecular weight is 281 g/mol. The van der Waals surface area contributed by atoms with Gasteiger partial charge in [-0.25, -0.2) is 4.39 Å². The van der Waals surface area contributed by atoms with Crippen LogP contribution >= 0.6 is 0 Å². The number of anilines is 1. The first-order valence-corrected chi connectivity index (χ1v) is 6.92. The lowest BCUT2D eigenvalue weighted by molar-refractivity contribution is -0.129. The van der Waals surface area contributed by atoms with Crippen molar-refractivity contribution in [2.24, 2.45) is 5.73 Å². The summed E-state index contributed by atoms with van der Waals surface area (Å²) in [7, 11) is 1.76. The summed E-state index contributed by atoms with van der Waals surface area (Å²) in [5, 5.41) is 0. The summed E-state index contributed by atoms with van der Waals surface area (Å²) in [6, 6.07) is 6.63. The third-order valence-corrected chi connectivity index (χ3v) is 3.32. The van der Waals surface area contributed by atoms with E-state index in [-0.39, 0.29) is 24.3 Å². The summed E-state index contributed by atoms with van der Waals surface area (Å²) in [6.45, 7) is 5.14. The predicted octanol–water partition coefficient (Wildman–Crippen LogP) is 1.85. The second-order valence-corrected chi connectivity index (χ2v) is 5.11. The van der Waals surface area contributed by atoms with Crippen molar-refractivity contribution >= 4 is 11.6 Å². The molecule has 0 aliphatic heterocycles. The van der Waals surface area contributed by atoms with Crippen molar-refractivity contribution in [2.45, 2.75) is 26.3 Å². The standard InChI is InChI=1S/C15H24FN3O/c1-12(2)18(3)15(20)11-19(10-6-9-17)14-8-5-4-7-13(14)16/h4-5,7-8,12H,6,9-11,17H2,1-3H3. The normalized spacial score (nSPS) is 10.7. The predicted molar refractivity (Wildman–Crippen MR) is 80.2 cm³/mol. The Kier molecular flexibility index (Phi) is 6.45. The Bertz CT molecular complexity index is 437. The topological polar surface area (TPSA) is 49.6 Å². The Morgan fingerprint density at radius 3 is 2.55 bits per heavy atom. The zero-order chi connectivity index (χ0) is 15.1. The molecular formula is C15H24FN3O. The number of rotatable bonds is 7. The third kappa shape index (κ3) is 4.49. The van der Waals surface area contributed by atoms with Crippen LogP contribution in [0.4, 0.5) is 10.1 Å². The van der Waals surface area contributed by atoms with Gasteiger partial charge in [0.25, 0.3) is 0 Å². The molecule has 112 valence electrons. The van der Waals surface area contributed by atoms with Gasteiger partial charge in [-0.05, 0) is 38.9 Å². The lowest BCUT2D eigenvalue weighted by Crippen LogP contribution is -2.42. The minimum Gasteiger partial charge on any atom is -0.360 e. The lowest BCUT2D eigenvalue weighted by Gasteiger charge is -2.28. The molecule has 0 spiro atoms. The molecule has 0 aliphatic rings. The van der Waals surface area contributed by atoms with Crippen molar-refractivity contribution in [2.75, 3.05) is 31.6 Å². The van der Waals surface area contributed by atoms with Crippen LogP contribution in [0.15, 0.2) is 24.3 Å². The van der Waals surface area contributed by atoms with Gasteiger partial charge in [-0.15, -0.1) is 0 Å². The molecule has 1 aromatic carbocycles. The van der Waals surface area contributed by atoms with E-state index in [0.29, 0.717) is 25.2 Å². The van der Waals surface area contributed by atoms with Gasteiger partial charge in [-0.3, -0.25) is 4.79 Å². The number of hydrogen-bond donors (Lipinski definition) is 1. The summed E-state index contributed by atoms with van der Waals surface area (Å²) in [5.41, 5.74) is 5.97. The van der Waals surface area contributed by atoms with E-state index in [1.54, 1.807) is 35.0 Å². The monoisotopic (exact) mass is 281 g/mol. The highest BCUT2D eigenvalue weighted by Gasteiger charge is 2.18. The van der Waals surface area contributed by atoms with Gasteiger partial charge in [0, 0.05) is 19.6 Å². The largest absolute Gasteiger partial charge is 0.360 e. The van der Waals surface area contributed by atoms with Crippen molar-refractivity contribution < 1.29 is 9.18 Å². The van der Waals surface area contributed by atoms with Crippen LogP contribution in [0.3, 0.4) is 0 Å². The SMILES string of the molecule is CC(C)N(C)C(=O)CN(CCCN)c1ccccc1F. The fraction of sp³-hybridized carbons (Fsp3) is 0.533. The quantitative estimate of drug-likeness (QED) is 0.830. The minimum absolute atomic E-state index is 0.0275. The Balaban J connectivity index is 2.85. The van der Waals surface area contributed by atoms with Crippen LogP contribution in [0.5, 0.6) is 0 Å². The number of nitrogens with two attached hydrogens (primary N) is 1. The molecule has 0 aromatic heterocycles. The second-order valence-electron chi connectivity index (χ2n) is 5.11. The first-order chi connectivity index (χ1) is 9.47. The first kappa shape index (κ1) is 16.4. The lowest BCUT2D eigenvalue weighted by atomic mass is 10.2. The number of halogens is 1. The number of para-hydroxylation sites is 1. The number of carbonyl (C=O) groups is 1. The van der Waals surface area contributed by atoms with Gasteiger partial charge in [-0.2, -0.15) is 0 Å². The van der Waals surface area contributed by atoms with E-state index in [9.17, 15) is 9.18 Å². The van der Waals surface area contributed by atoms with Crippen LogP contribution in [0, 0.1) is 5.82 Å². The zero-order valence-electron chi connectivity index (χ0n) is 12.5. The number of likely N-dealkylation sites (N-methyl/N-ethyl adjacent to an activating group) is 1.